The van der Waals surface area contributed by atoms with Crippen LogP contribution in [0.1, 0.15) is 41.5 Å². The molecule has 0 saturated carbocycles. The predicted octanol–water partition coefficient (Wildman–Crippen LogP) is 5.29. The van der Waals surface area contributed by atoms with Crippen LogP contribution in [0.15, 0.2) is 0 Å². The van der Waals surface area contributed by atoms with Gasteiger partial charge in [0.15, 0.2) is 16.6 Å². The third-order valence-corrected chi connectivity index (χ3v) is 15.9. The van der Waals surface area contributed by atoms with E-state index in [4.69, 9.17) is 36.8 Å². The highest BCUT2D eigenvalue weighted by Gasteiger charge is 2.56. The Hall–Kier alpha value is 0.854. The van der Waals surface area contributed by atoms with Gasteiger partial charge in [-0.3, -0.25) is 0 Å². The molecule has 0 radical (unpaired) electrons. The van der Waals surface area contributed by atoms with Crippen molar-refractivity contribution in [2.75, 3.05) is 6.61 Å². The zero-order chi connectivity index (χ0) is 20.1. The minimum absolute atomic E-state index is 0.0153. The van der Waals surface area contributed by atoms with Crippen LogP contribution < -0.4 is 0 Å². The first kappa shape index (κ1) is 23.9. The highest BCUT2D eigenvalue weighted by atomic mass is 35.5. The van der Waals surface area contributed by atoms with E-state index in [1.165, 1.54) is 0 Å². The highest BCUT2D eigenvalue weighted by molar-refractivity contribution is 6.74. The van der Waals surface area contributed by atoms with Crippen LogP contribution in [0.5, 0.6) is 0 Å². The van der Waals surface area contributed by atoms with Crippen molar-refractivity contribution in [3.05, 3.63) is 0 Å². The molecule has 0 aromatic carbocycles. The molecule has 0 aromatic rings. The molecule has 1 rings (SSSR count). The average Bonchev–Trinajstić information content (AvgIpc) is 2.57. The monoisotopic (exact) mass is 430 g/mol. The van der Waals surface area contributed by atoms with Crippen LogP contribution in [0.2, 0.25) is 36.3 Å². The van der Waals surface area contributed by atoms with Crippen molar-refractivity contribution in [2.45, 2.75) is 101 Å². The molecule has 25 heavy (non-hydrogen) atoms. The van der Waals surface area contributed by atoms with Gasteiger partial charge in [0.2, 0.25) is 0 Å². The van der Waals surface area contributed by atoms with Gasteiger partial charge in [0, 0.05) is 0 Å². The Morgan fingerprint density at radius 2 is 1.44 bits per heavy atom. The number of hydrogen-bond donors (Lipinski definition) is 1. The Morgan fingerprint density at radius 3 is 1.84 bits per heavy atom. The van der Waals surface area contributed by atoms with Gasteiger partial charge in [-0.05, 0) is 36.3 Å². The fourth-order valence-electron chi connectivity index (χ4n) is 2.02. The number of ether oxygens (including phenoxy) is 1. The largest absolute Gasteiger partial charge is 0.414 e. The Bertz CT molecular complexity index is 470. The summed E-state index contributed by atoms with van der Waals surface area (Å²) in [5.74, 6) is 0. The summed E-state index contributed by atoms with van der Waals surface area (Å²) in [6, 6.07) is 0. The summed E-state index contributed by atoms with van der Waals surface area (Å²) in [6.07, 6.45) is -0.997. The van der Waals surface area contributed by atoms with Crippen molar-refractivity contribution >= 4 is 39.8 Å². The van der Waals surface area contributed by atoms with Gasteiger partial charge in [-0.15, -0.1) is 11.6 Å². The zero-order valence-corrected chi connectivity index (χ0v) is 20.9. The average molecular weight is 432 g/mol. The van der Waals surface area contributed by atoms with Crippen molar-refractivity contribution in [1.29, 1.82) is 0 Å². The lowest BCUT2D eigenvalue weighted by Crippen LogP contribution is -2.50. The summed E-state index contributed by atoms with van der Waals surface area (Å²) < 4.78 is 18.3. The smallest absolute Gasteiger partial charge is 0.266 e. The zero-order valence-electron chi connectivity index (χ0n) is 17.4. The lowest BCUT2D eigenvalue weighted by Gasteiger charge is -2.41. The molecule has 1 saturated heterocycles. The molecule has 0 aliphatic carbocycles. The molecule has 0 bridgehead atoms. The number of halogens is 2. The van der Waals surface area contributed by atoms with E-state index in [0.29, 0.717) is 6.61 Å². The normalized spacial score (nSPS) is 32.3. The Morgan fingerprint density at radius 1 is 1.00 bits per heavy atom. The summed E-state index contributed by atoms with van der Waals surface area (Å²) in [4.78, 5) is 0. The van der Waals surface area contributed by atoms with Crippen molar-refractivity contribution in [1.82, 2.24) is 0 Å². The highest BCUT2D eigenvalue weighted by Crippen LogP contribution is 2.44. The molecule has 0 aromatic heterocycles. The number of hydrogen-bond acceptors (Lipinski definition) is 4. The van der Waals surface area contributed by atoms with Crippen molar-refractivity contribution < 1.29 is 18.7 Å². The van der Waals surface area contributed by atoms with Crippen LogP contribution in [0.3, 0.4) is 0 Å². The Labute approximate surface area is 165 Å². The van der Waals surface area contributed by atoms with Gasteiger partial charge in [0.25, 0.3) is 5.25 Å². The molecule has 1 N–H and O–H groups in total. The first-order valence-electron chi connectivity index (χ1n) is 8.87. The molecule has 1 heterocycles. The van der Waals surface area contributed by atoms with Gasteiger partial charge >= 0.3 is 0 Å². The summed E-state index contributed by atoms with van der Waals surface area (Å²) in [5, 5.41) is 7.61. The Balaban J connectivity index is 2.97. The second kappa shape index (κ2) is 7.35. The van der Waals surface area contributed by atoms with E-state index in [1.54, 1.807) is 0 Å². The van der Waals surface area contributed by atoms with E-state index < -0.39 is 39.5 Å². The predicted molar refractivity (Wildman–Crippen MR) is 111 cm³/mol. The van der Waals surface area contributed by atoms with Crippen LogP contribution in [0, 0.1) is 0 Å². The van der Waals surface area contributed by atoms with Crippen LogP contribution in [-0.4, -0.2) is 51.2 Å². The fourth-order valence-corrected chi connectivity index (χ4v) is 4.95. The van der Waals surface area contributed by atoms with E-state index >= 15 is 0 Å². The number of aliphatic hydroxyl groups is 1. The summed E-state index contributed by atoms with van der Waals surface area (Å²) in [7, 11) is -4.06. The van der Waals surface area contributed by atoms with Crippen LogP contribution in [0.4, 0.5) is 0 Å². The van der Waals surface area contributed by atoms with E-state index in [1.807, 2.05) is 0 Å². The summed E-state index contributed by atoms with van der Waals surface area (Å²) >= 11 is 12.5. The molecule has 0 spiro atoms. The SMILES string of the molecule is CC(C)(C)[Si](C)(C)OC[C@H]1OC(O)(Cl)[C@@H](Cl)[C@@H]1O[Si](C)(C)C(C)(C)C. The third-order valence-electron chi connectivity index (χ3n) is 5.96. The molecule has 1 unspecified atom stereocenters. The molecule has 4 atom stereocenters. The quantitative estimate of drug-likeness (QED) is 0.475. The molecule has 1 aliphatic rings. The van der Waals surface area contributed by atoms with Crippen LogP contribution in [-0.2, 0) is 13.6 Å². The lowest BCUT2D eigenvalue weighted by molar-refractivity contribution is -0.136. The standard InChI is InChI=1S/C17H36Cl2O4Si2/c1-15(2,3)24(7,8)21-11-12-13(14(18)17(19,20)22-12)23-25(9,10)16(4,5)6/h12-14,20H,11H2,1-10H3/t12-,13-,14+,17?/m1/s1. The van der Waals surface area contributed by atoms with Gasteiger partial charge in [0.05, 0.1) is 12.7 Å². The Kier molecular flexibility index (Phi) is 7.03. The van der Waals surface area contributed by atoms with E-state index in [0.717, 1.165) is 0 Å². The molecule has 8 heteroatoms. The van der Waals surface area contributed by atoms with Crippen molar-refractivity contribution in [3.8, 4) is 0 Å². The molecule has 4 nitrogen and oxygen atoms in total. The van der Waals surface area contributed by atoms with Crippen molar-refractivity contribution in [2.24, 2.45) is 0 Å². The van der Waals surface area contributed by atoms with Gasteiger partial charge in [-0.25, -0.2) is 0 Å². The number of rotatable bonds is 5. The van der Waals surface area contributed by atoms with Crippen molar-refractivity contribution in [3.63, 3.8) is 0 Å². The topological polar surface area (TPSA) is 47.9 Å². The molecule has 150 valence electrons. The second-order valence-electron chi connectivity index (χ2n) is 10.1. The second-order valence-corrected chi connectivity index (χ2v) is 20.7. The molecule has 0 amide bonds. The molecular formula is C17H36Cl2O4Si2. The third kappa shape index (κ3) is 5.44. The molecular weight excluding hydrogens is 395 g/mol. The maximum atomic E-state index is 10.3. The fraction of sp³-hybridized carbons (Fsp3) is 1.00. The van der Waals surface area contributed by atoms with Gasteiger partial charge in [0.1, 0.15) is 11.5 Å². The summed E-state index contributed by atoms with van der Waals surface area (Å²) in [6.45, 7) is 22.0. The minimum atomic E-state index is -2.11. The minimum Gasteiger partial charge on any atom is -0.414 e. The molecule has 1 fully saturated rings. The van der Waals surface area contributed by atoms with Crippen LogP contribution >= 0.6 is 23.2 Å². The van der Waals surface area contributed by atoms with E-state index in [9.17, 15) is 5.11 Å². The van der Waals surface area contributed by atoms with Crippen LogP contribution in [0.25, 0.3) is 0 Å². The van der Waals surface area contributed by atoms with Gasteiger partial charge in [-0.2, -0.15) is 0 Å². The summed E-state index contributed by atoms with van der Waals surface area (Å²) in [5.41, 5.74) is 0. The van der Waals surface area contributed by atoms with Gasteiger partial charge in [-0.1, -0.05) is 53.1 Å². The van der Waals surface area contributed by atoms with Gasteiger partial charge < -0.3 is 18.7 Å². The van der Waals surface area contributed by atoms with E-state index in [2.05, 4.69) is 67.7 Å². The maximum absolute atomic E-state index is 10.3. The lowest BCUT2D eigenvalue weighted by atomic mass is 10.2. The van der Waals surface area contributed by atoms with E-state index in [-0.39, 0.29) is 10.1 Å². The first-order valence-corrected chi connectivity index (χ1v) is 15.5. The first-order chi connectivity index (χ1) is 10.8. The number of alkyl halides is 2. The maximum Gasteiger partial charge on any atom is 0.266 e. The molecule has 1 aliphatic heterocycles.